The molecule has 0 amide bonds. The number of likely N-dealkylation sites (tertiary alicyclic amines) is 1. The van der Waals surface area contributed by atoms with Gasteiger partial charge < -0.3 is 0 Å². The molecule has 88 valence electrons. The number of rotatable bonds is 3. The highest BCUT2D eigenvalue weighted by Crippen LogP contribution is 2.24. The molecule has 16 heavy (non-hydrogen) atoms. The zero-order valence-electron chi connectivity index (χ0n) is 10.3. The lowest BCUT2D eigenvalue weighted by Gasteiger charge is -2.34. The van der Waals surface area contributed by atoms with E-state index >= 15 is 0 Å². The maximum absolute atomic E-state index is 4.07. The van der Waals surface area contributed by atoms with Crippen LogP contribution in [0.2, 0.25) is 0 Å². The number of aromatic nitrogens is 2. The lowest BCUT2D eigenvalue weighted by Crippen LogP contribution is -2.36. The van der Waals surface area contributed by atoms with Crippen molar-refractivity contribution in [2.75, 3.05) is 13.1 Å². The smallest absolute Gasteiger partial charge is 0.115 e. The molecule has 0 N–H and O–H groups in total. The van der Waals surface area contributed by atoms with Gasteiger partial charge in [-0.25, -0.2) is 9.97 Å². The first kappa shape index (κ1) is 11.5. The van der Waals surface area contributed by atoms with E-state index in [9.17, 15) is 0 Å². The molecule has 1 fully saturated rings. The van der Waals surface area contributed by atoms with Crippen LogP contribution in [0, 0.1) is 11.8 Å². The highest BCUT2D eigenvalue weighted by Gasteiger charge is 2.22. The van der Waals surface area contributed by atoms with Gasteiger partial charge in [-0.05, 0) is 31.2 Å². The van der Waals surface area contributed by atoms with Gasteiger partial charge in [-0.1, -0.05) is 13.8 Å². The van der Waals surface area contributed by atoms with Crippen LogP contribution in [0.5, 0.6) is 0 Å². The molecular formula is C13H21N3. The molecule has 1 saturated heterocycles. The predicted octanol–water partition coefficient (Wildman–Crippen LogP) is 2.34. The maximum atomic E-state index is 4.07. The molecule has 0 unspecified atom stereocenters. The van der Waals surface area contributed by atoms with E-state index < -0.39 is 0 Å². The fourth-order valence-electron chi connectivity index (χ4n) is 2.45. The van der Waals surface area contributed by atoms with E-state index in [2.05, 4.69) is 28.7 Å². The quantitative estimate of drug-likeness (QED) is 0.781. The minimum Gasteiger partial charge on any atom is -0.299 e. The Bertz CT molecular complexity index is 310. The van der Waals surface area contributed by atoms with Crippen LogP contribution in [0.25, 0.3) is 0 Å². The zero-order valence-corrected chi connectivity index (χ0v) is 10.3. The van der Waals surface area contributed by atoms with E-state index in [1.807, 2.05) is 12.4 Å². The summed E-state index contributed by atoms with van der Waals surface area (Å²) in [4.78, 5) is 10.7. The van der Waals surface area contributed by atoms with Crippen LogP contribution in [-0.2, 0) is 6.54 Å². The average molecular weight is 219 g/mol. The molecule has 1 aromatic rings. The van der Waals surface area contributed by atoms with Crippen molar-refractivity contribution < 1.29 is 0 Å². The molecule has 3 heteroatoms. The third-order valence-electron chi connectivity index (χ3n) is 3.51. The Kier molecular flexibility index (Phi) is 3.88. The van der Waals surface area contributed by atoms with Crippen molar-refractivity contribution >= 4 is 0 Å². The second-order valence-corrected chi connectivity index (χ2v) is 5.13. The number of hydrogen-bond acceptors (Lipinski definition) is 3. The summed E-state index contributed by atoms with van der Waals surface area (Å²) in [6.07, 6.45) is 8.16. The monoisotopic (exact) mass is 219 g/mol. The van der Waals surface area contributed by atoms with Crippen LogP contribution in [0.3, 0.4) is 0 Å². The normalized spacial score (nSPS) is 22.6. The van der Waals surface area contributed by atoms with E-state index in [0.717, 1.165) is 18.4 Å². The molecule has 0 saturated carbocycles. The Balaban J connectivity index is 1.90. The predicted molar refractivity (Wildman–Crippen MR) is 64.9 cm³/mol. The van der Waals surface area contributed by atoms with E-state index in [0.29, 0.717) is 0 Å². The SMILES string of the molecule is CC(C)[C@@H]1CCCN(Cc2cncnc2)C1. The second-order valence-electron chi connectivity index (χ2n) is 5.13. The van der Waals surface area contributed by atoms with Gasteiger partial charge in [0.25, 0.3) is 0 Å². The van der Waals surface area contributed by atoms with Crippen LogP contribution in [0.15, 0.2) is 18.7 Å². The first-order chi connectivity index (χ1) is 7.75. The van der Waals surface area contributed by atoms with Crippen LogP contribution in [0.4, 0.5) is 0 Å². The molecule has 0 spiro atoms. The van der Waals surface area contributed by atoms with E-state index in [4.69, 9.17) is 0 Å². The molecule has 0 aliphatic carbocycles. The fourth-order valence-corrected chi connectivity index (χ4v) is 2.45. The number of nitrogens with zero attached hydrogens (tertiary/aromatic N) is 3. The summed E-state index contributed by atoms with van der Waals surface area (Å²) in [5, 5.41) is 0. The highest BCUT2D eigenvalue weighted by atomic mass is 15.1. The summed E-state index contributed by atoms with van der Waals surface area (Å²) in [7, 11) is 0. The molecule has 0 bridgehead atoms. The molecule has 2 heterocycles. The molecule has 1 aliphatic heterocycles. The minimum absolute atomic E-state index is 0.801. The van der Waals surface area contributed by atoms with Gasteiger partial charge in [0, 0.05) is 31.0 Å². The molecule has 1 atom stereocenters. The lowest BCUT2D eigenvalue weighted by atomic mass is 9.88. The van der Waals surface area contributed by atoms with Gasteiger partial charge in [0.05, 0.1) is 0 Å². The Morgan fingerprint density at radius 1 is 1.38 bits per heavy atom. The van der Waals surface area contributed by atoms with Gasteiger partial charge >= 0.3 is 0 Å². The third kappa shape index (κ3) is 3.01. The van der Waals surface area contributed by atoms with Gasteiger partial charge in [0.2, 0.25) is 0 Å². The molecule has 1 aromatic heterocycles. The topological polar surface area (TPSA) is 29.0 Å². The Hall–Kier alpha value is -0.960. The largest absolute Gasteiger partial charge is 0.299 e. The van der Waals surface area contributed by atoms with Crippen LogP contribution in [0.1, 0.15) is 32.3 Å². The summed E-state index contributed by atoms with van der Waals surface area (Å²) >= 11 is 0. The Morgan fingerprint density at radius 2 is 2.12 bits per heavy atom. The molecule has 0 aromatic carbocycles. The van der Waals surface area contributed by atoms with Crippen molar-refractivity contribution in [2.45, 2.75) is 33.2 Å². The molecule has 1 aliphatic rings. The van der Waals surface area contributed by atoms with Gasteiger partial charge in [0.1, 0.15) is 6.33 Å². The summed E-state index contributed by atoms with van der Waals surface area (Å²) in [5.74, 6) is 1.66. The molecule has 0 radical (unpaired) electrons. The molecule has 3 nitrogen and oxygen atoms in total. The van der Waals surface area contributed by atoms with Crippen molar-refractivity contribution in [3.8, 4) is 0 Å². The maximum Gasteiger partial charge on any atom is 0.115 e. The van der Waals surface area contributed by atoms with Gasteiger partial charge in [0.15, 0.2) is 0 Å². The van der Waals surface area contributed by atoms with Crippen LogP contribution >= 0.6 is 0 Å². The van der Waals surface area contributed by atoms with Crippen molar-refractivity contribution in [3.05, 3.63) is 24.3 Å². The van der Waals surface area contributed by atoms with Crippen molar-refractivity contribution in [1.29, 1.82) is 0 Å². The van der Waals surface area contributed by atoms with Crippen LogP contribution in [-0.4, -0.2) is 28.0 Å². The highest BCUT2D eigenvalue weighted by molar-refractivity contribution is 5.02. The van der Waals surface area contributed by atoms with E-state index in [1.165, 1.54) is 31.5 Å². The van der Waals surface area contributed by atoms with E-state index in [-0.39, 0.29) is 0 Å². The van der Waals surface area contributed by atoms with Crippen molar-refractivity contribution in [2.24, 2.45) is 11.8 Å². The summed E-state index contributed by atoms with van der Waals surface area (Å²) in [5.41, 5.74) is 1.23. The first-order valence-corrected chi connectivity index (χ1v) is 6.22. The average Bonchev–Trinajstić information content (AvgIpc) is 2.30. The van der Waals surface area contributed by atoms with Gasteiger partial charge in [-0.15, -0.1) is 0 Å². The van der Waals surface area contributed by atoms with Gasteiger partial charge in [-0.2, -0.15) is 0 Å². The Morgan fingerprint density at radius 3 is 2.81 bits per heavy atom. The first-order valence-electron chi connectivity index (χ1n) is 6.22. The molecular weight excluding hydrogens is 198 g/mol. The second kappa shape index (κ2) is 5.39. The summed E-state index contributed by atoms with van der Waals surface area (Å²) in [6.45, 7) is 8.12. The van der Waals surface area contributed by atoms with Crippen LogP contribution < -0.4 is 0 Å². The minimum atomic E-state index is 0.801. The van der Waals surface area contributed by atoms with Crippen molar-refractivity contribution in [3.63, 3.8) is 0 Å². The molecule has 2 rings (SSSR count). The lowest BCUT2D eigenvalue weighted by molar-refractivity contribution is 0.139. The third-order valence-corrected chi connectivity index (χ3v) is 3.51. The van der Waals surface area contributed by atoms with Gasteiger partial charge in [-0.3, -0.25) is 4.90 Å². The number of piperidine rings is 1. The van der Waals surface area contributed by atoms with E-state index in [1.54, 1.807) is 6.33 Å². The van der Waals surface area contributed by atoms with Crippen molar-refractivity contribution in [1.82, 2.24) is 14.9 Å². The summed E-state index contributed by atoms with van der Waals surface area (Å²) in [6, 6.07) is 0. The standard InChI is InChI=1S/C13H21N3/c1-11(2)13-4-3-5-16(9-13)8-12-6-14-10-15-7-12/h6-7,10-11,13H,3-5,8-9H2,1-2H3/t13-/m1/s1. The fraction of sp³-hybridized carbons (Fsp3) is 0.692. The Labute approximate surface area is 97.9 Å². The zero-order chi connectivity index (χ0) is 11.4. The number of hydrogen-bond donors (Lipinski definition) is 0. The summed E-state index contributed by atoms with van der Waals surface area (Å²) < 4.78 is 0.